The number of hydrogen-bond acceptors (Lipinski definition) is 1. The van der Waals surface area contributed by atoms with Crippen LogP contribution >= 0.6 is 0 Å². The third-order valence-electron chi connectivity index (χ3n) is 1.41. The van der Waals surface area contributed by atoms with Crippen LogP contribution in [-0.4, -0.2) is 6.29 Å². The van der Waals surface area contributed by atoms with E-state index in [4.69, 9.17) is 4.79 Å². The van der Waals surface area contributed by atoms with Gasteiger partial charge in [-0.25, -0.2) is 0 Å². The van der Waals surface area contributed by atoms with Gasteiger partial charge in [0.1, 0.15) is 6.29 Å². The van der Waals surface area contributed by atoms with Crippen LogP contribution in [0, 0.1) is 0 Å². The summed E-state index contributed by atoms with van der Waals surface area (Å²) in [6.45, 7) is 1.44. The lowest BCUT2D eigenvalue weighted by Gasteiger charge is -1.86. The molecule has 0 atom stereocenters. The lowest BCUT2D eigenvalue weighted by Crippen LogP contribution is -1.67. The van der Waals surface area contributed by atoms with Crippen LogP contribution in [0.3, 0.4) is 0 Å². The van der Waals surface area contributed by atoms with E-state index in [2.05, 4.69) is 12.2 Å². The van der Waals surface area contributed by atoms with Crippen LogP contribution < -0.4 is 0 Å². The van der Waals surface area contributed by atoms with Crippen molar-refractivity contribution >= 4 is 6.29 Å². The van der Waals surface area contributed by atoms with Crippen LogP contribution in [0.25, 0.3) is 0 Å². The maximum atomic E-state index is 8.81. The Bertz CT molecular complexity index is 86.9. The first-order chi connectivity index (χ1) is 4.91. The summed E-state index contributed by atoms with van der Waals surface area (Å²) in [5.41, 5.74) is 0. The molecule has 0 spiro atoms. The first kappa shape index (κ1) is 9.41. The van der Waals surface area contributed by atoms with E-state index in [1.807, 2.05) is 0 Å². The summed E-state index contributed by atoms with van der Waals surface area (Å²) in [4.78, 5) is 8.81. The van der Waals surface area contributed by atoms with E-state index >= 15 is 0 Å². The van der Waals surface area contributed by atoms with Gasteiger partial charge in [-0.3, -0.25) is 0 Å². The first-order valence-electron chi connectivity index (χ1n) is 3.96. The minimum atomic E-state index is 0.750. The van der Waals surface area contributed by atoms with Gasteiger partial charge in [-0.15, -0.1) is 0 Å². The van der Waals surface area contributed by atoms with Crippen LogP contribution in [0.5, 0.6) is 0 Å². The molecule has 1 nitrogen and oxygen atoms in total. The molecule has 0 unspecified atom stereocenters. The molecular weight excluding hydrogens is 124 g/mol. The number of carbonyl (C=O) groups excluding carboxylic acids is 1. The van der Waals surface area contributed by atoms with Crippen molar-refractivity contribution in [3.63, 3.8) is 0 Å². The third kappa shape index (κ3) is 7.41. The van der Waals surface area contributed by atoms with Crippen molar-refractivity contribution in [2.24, 2.45) is 0 Å². The highest BCUT2D eigenvalue weighted by Gasteiger charge is 1.88. The number of hydrogen-bond donors (Lipinski definition) is 0. The van der Waals surface area contributed by atoms with Crippen LogP contribution in [0.1, 0.15) is 39.0 Å². The summed E-state index contributed by atoms with van der Waals surface area (Å²) in [5, 5.41) is 0. The summed E-state index contributed by atoms with van der Waals surface area (Å²) < 4.78 is 0. The first-order valence-corrected chi connectivity index (χ1v) is 3.96. The monoisotopic (exact) mass is 140 g/mol. The van der Waals surface area contributed by atoms with Crippen molar-refractivity contribution < 1.29 is 4.79 Å². The minimum Gasteiger partial charge on any atom is -0.304 e. The normalized spacial score (nSPS) is 16.5. The zero-order valence-electron chi connectivity index (χ0n) is 6.68. The fourth-order valence-corrected chi connectivity index (χ4v) is 0.937. The highest BCUT2D eigenvalue weighted by Crippen LogP contribution is 2.08. The van der Waals surface area contributed by atoms with Gasteiger partial charge >= 0.3 is 0 Å². The summed E-state index contributed by atoms with van der Waals surface area (Å²) in [6.07, 6.45) is 12.2. The lowest BCUT2D eigenvalue weighted by atomic mass is 10.2. The van der Waals surface area contributed by atoms with Crippen LogP contribution in [0.4, 0.5) is 0 Å². The zero-order valence-corrected chi connectivity index (χ0v) is 6.68. The van der Waals surface area contributed by atoms with Crippen molar-refractivity contribution in [1.29, 1.82) is 0 Å². The summed E-state index contributed by atoms with van der Waals surface area (Å²) in [5.74, 6) is 0. The standard InChI is InChI=1S/C7H12.C2H4O/c1-2-4-6-7-5-3-1;1-2-3/h1-2H,3-7H2;2H,1H3. The number of aldehydes is 1. The largest absolute Gasteiger partial charge is 0.304 e. The van der Waals surface area contributed by atoms with Crippen LogP contribution in [0.15, 0.2) is 12.2 Å². The molecule has 0 amide bonds. The van der Waals surface area contributed by atoms with Crippen molar-refractivity contribution in [2.45, 2.75) is 39.0 Å². The Kier molecular flexibility index (Phi) is 7.91. The molecule has 0 aromatic rings. The molecule has 0 aromatic carbocycles. The molecule has 0 radical (unpaired) electrons. The van der Waals surface area contributed by atoms with Crippen molar-refractivity contribution in [3.8, 4) is 0 Å². The Morgan fingerprint density at radius 1 is 1.10 bits per heavy atom. The highest BCUT2D eigenvalue weighted by atomic mass is 16.1. The smallest absolute Gasteiger partial charge is 0.116 e. The zero-order chi connectivity index (χ0) is 7.66. The summed E-state index contributed by atoms with van der Waals surface area (Å²) in [7, 11) is 0. The number of rotatable bonds is 0. The molecule has 10 heavy (non-hydrogen) atoms. The average Bonchev–Trinajstić information content (AvgIpc) is 2.17. The van der Waals surface area contributed by atoms with Gasteiger partial charge in [0.15, 0.2) is 0 Å². The van der Waals surface area contributed by atoms with Crippen LogP contribution in [0.2, 0.25) is 0 Å². The van der Waals surface area contributed by atoms with E-state index in [0.29, 0.717) is 0 Å². The van der Waals surface area contributed by atoms with Gasteiger partial charge in [0.05, 0.1) is 0 Å². The van der Waals surface area contributed by atoms with Gasteiger partial charge in [0, 0.05) is 0 Å². The molecule has 0 heterocycles. The second kappa shape index (κ2) is 8.41. The molecule has 58 valence electrons. The van der Waals surface area contributed by atoms with Crippen LogP contribution in [-0.2, 0) is 4.79 Å². The van der Waals surface area contributed by atoms with Gasteiger partial charge in [-0.1, -0.05) is 18.6 Å². The topological polar surface area (TPSA) is 17.1 Å². The van der Waals surface area contributed by atoms with Gasteiger partial charge in [-0.2, -0.15) is 0 Å². The molecule has 0 saturated heterocycles. The molecule has 0 bridgehead atoms. The van der Waals surface area contributed by atoms with Gasteiger partial charge in [-0.05, 0) is 32.6 Å². The van der Waals surface area contributed by atoms with E-state index in [1.165, 1.54) is 39.0 Å². The molecule has 0 saturated carbocycles. The molecule has 1 heteroatoms. The Balaban J connectivity index is 0.000000236. The second-order valence-corrected chi connectivity index (χ2v) is 2.35. The second-order valence-electron chi connectivity index (χ2n) is 2.35. The summed E-state index contributed by atoms with van der Waals surface area (Å²) in [6, 6.07) is 0. The van der Waals surface area contributed by atoms with Crippen molar-refractivity contribution in [2.75, 3.05) is 0 Å². The van der Waals surface area contributed by atoms with Gasteiger partial charge in [0.25, 0.3) is 0 Å². The quantitative estimate of drug-likeness (QED) is 0.373. The van der Waals surface area contributed by atoms with E-state index in [0.717, 1.165) is 6.29 Å². The molecule has 0 aromatic heterocycles. The molecule has 1 aliphatic carbocycles. The predicted molar refractivity (Wildman–Crippen MR) is 44.0 cm³/mol. The fourth-order valence-electron chi connectivity index (χ4n) is 0.937. The Morgan fingerprint density at radius 3 is 1.90 bits per heavy atom. The minimum absolute atomic E-state index is 0.750. The lowest BCUT2D eigenvalue weighted by molar-refractivity contribution is -0.106. The predicted octanol–water partition coefficient (Wildman–Crippen LogP) is 2.71. The molecule has 1 aliphatic rings. The number of allylic oxidation sites excluding steroid dienone is 2. The number of carbonyl (C=O) groups is 1. The van der Waals surface area contributed by atoms with E-state index in [1.54, 1.807) is 0 Å². The van der Waals surface area contributed by atoms with E-state index < -0.39 is 0 Å². The Hall–Kier alpha value is -0.590. The van der Waals surface area contributed by atoms with E-state index in [9.17, 15) is 0 Å². The molecular formula is C9H16O. The highest BCUT2D eigenvalue weighted by molar-refractivity contribution is 5.44. The summed E-state index contributed by atoms with van der Waals surface area (Å²) >= 11 is 0. The fraction of sp³-hybridized carbons (Fsp3) is 0.667. The van der Waals surface area contributed by atoms with E-state index in [-0.39, 0.29) is 0 Å². The SMILES string of the molecule is C1=CCCCCC1.CC=O. The molecule has 0 N–H and O–H groups in total. The molecule has 0 aliphatic heterocycles. The maximum absolute atomic E-state index is 8.81. The van der Waals surface area contributed by atoms with Crippen molar-refractivity contribution in [3.05, 3.63) is 12.2 Å². The Labute approximate surface area is 63.1 Å². The Morgan fingerprint density at radius 2 is 1.50 bits per heavy atom. The maximum Gasteiger partial charge on any atom is 0.116 e. The molecule has 1 rings (SSSR count). The van der Waals surface area contributed by atoms with Crippen molar-refractivity contribution in [1.82, 2.24) is 0 Å². The third-order valence-corrected chi connectivity index (χ3v) is 1.41. The molecule has 0 fully saturated rings. The van der Waals surface area contributed by atoms with Gasteiger partial charge < -0.3 is 4.79 Å². The average molecular weight is 140 g/mol. The van der Waals surface area contributed by atoms with Gasteiger partial charge in [0.2, 0.25) is 0 Å².